The summed E-state index contributed by atoms with van der Waals surface area (Å²) in [5, 5.41) is 11.3. The molecule has 5 nitrogen and oxygen atoms in total. The number of furan rings is 1. The Hall–Kier alpha value is -2.18. The molecule has 0 saturated carbocycles. The number of rotatable bonds is 5. The maximum Gasteiger partial charge on any atom is 0.319 e. The number of aliphatic hydroxyl groups excluding tert-OH is 1. The summed E-state index contributed by atoms with van der Waals surface area (Å²) in [6.45, 7) is 0. The lowest BCUT2D eigenvalue weighted by Crippen LogP contribution is -2.17. The van der Waals surface area contributed by atoms with Crippen molar-refractivity contribution in [1.82, 2.24) is 4.98 Å². The second-order valence-electron chi connectivity index (χ2n) is 5.37. The van der Waals surface area contributed by atoms with Crippen molar-refractivity contribution in [2.75, 3.05) is 7.11 Å². The van der Waals surface area contributed by atoms with Crippen LogP contribution in [-0.4, -0.2) is 28.0 Å². The van der Waals surface area contributed by atoms with Crippen molar-refractivity contribution >= 4 is 32.9 Å². The Balaban J connectivity index is 1.85. The van der Waals surface area contributed by atoms with E-state index in [2.05, 4.69) is 20.9 Å². The molecule has 3 rings (SSSR count). The fourth-order valence-corrected chi connectivity index (χ4v) is 3.04. The van der Waals surface area contributed by atoms with Crippen LogP contribution < -0.4 is 0 Å². The molecule has 1 aromatic carbocycles. The van der Waals surface area contributed by atoms with E-state index in [1.54, 1.807) is 24.4 Å². The van der Waals surface area contributed by atoms with Gasteiger partial charge in [0.1, 0.15) is 16.2 Å². The summed E-state index contributed by atoms with van der Waals surface area (Å²) in [6.07, 6.45) is 1.22. The van der Waals surface area contributed by atoms with Gasteiger partial charge in [-0.25, -0.2) is 0 Å². The predicted octanol–water partition coefficient (Wildman–Crippen LogP) is 3.39. The van der Waals surface area contributed by atoms with Crippen molar-refractivity contribution in [3.63, 3.8) is 0 Å². The molecule has 0 saturated heterocycles. The number of ether oxygens (including phenoxy) is 1. The number of hydrogen-bond acceptors (Lipinski definition) is 5. The zero-order valence-electron chi connectivity index (χ0n) is 13.0. The fraction of sp³-hybridized carbons (Fsp3) is 0.222. The Morgan fingerprint density at radius 1 is 1.33 bits per heavy atom. The number of hydrogen-bond donors (Lipinski definition) is 1. The molecular weight excluding hydrogens is 374 g/mol. The summed E-state index contributed by atoms with van der Waals surface area (Å²) < 4.78 is 10.4. The zero-order chi connectivity index (χ0) is 17.1. The van der Waals surface area contributed by atoms with E-state index in [-0.39, 0.29) is 5.97 Å². The minimum absolute atomic E-state index is 0.312. The molecule has 124 valence electrons. The highest BCUT2D eigenvalue weighted by atomic mass is 79.9. The number of alkyl halides is 1. The van der Waals surface area contributed by atoms with Crippen LogP contribution >= 0.6 is 15.9 Å². The molecule has 0 radical (unpaired) electrons. The third-order valence-electron chi connectivity index (χ3n) is 3.71. The van der Waals surface area contributed by atoms with Gasteiger partial charge in [0, 0.05) is 11.6 Å². The number of benzene rings is 1. The van der Waals surface area contributed by atoms with Gasteiger partial charge in [-0.05, 0) is 42.3 Å². The second-order valence-corrected chi connectivity index (χ2v) is 6.48. The van der Waals surface area contributed by atoms with Crippen LogP contribution in [0.1, 0.15) is 23.1 Å². The number of pyridine rings is 1. The Kier molecular flexibility index (Phi) is 4.97. The molecular formula is C18H16BrNO4. The van der Waals surface area contributed by atoms with Crippen LogP contribution in [-0.2, 0) is 16.0 Å². The Labute approximate surface area is 147 Å². The third kappa shape index (κ3) is 3.49. The van der Waals surface area contributed by atoms with E-state index in [0.717, 1.165) is 10.9 Å². The summed E-state index contributed by atoms with van der Waals surface area (Å²) in [7, 11) is 1.36. The van der Waals surface area contributed by atoms with Crippen LogP contribution in [0, 0.1) is 0 Å². The van der Waals surface area contributed by atoms with Gasteiger partial charge in [0.15, 0.2) is 6.10 Å². The van der Waals surface area contributed by atoms with Gasteiger partial charge in [-0.15, -0.1) is 0 Å². The van der Waals surface area contributed by atoms with Gasteiger partial charge in [0.25, 0.3) is 0 Å². The monoisotopic (exact) mass is 389 g/mol. The molecule has 2 atom stereocenters. The normalized spacial score (nSPS) is 13.6. The summed E-state index contributed by atoms with van der Waals surface area (Å²) in [6, 6.07) is 12.8. The van der Waals surface area contributed by atoms with Crippen LogP contribution in [0.25, 0.3) is 11.0 Å². The molecule has 1 N–H and O–H groups in total. The average Bonchev–Trinajstić information content (AvgIpc) is 3.04. The Morgan fingerprint density at radius 3 is 2.88 bits per heavy atom. The lowest BCUT2D eigenvalue weighted by molar-refractivity contribution is -0.139. The number of methoxy groups -OCH3 is 1. The van der Waals surface area contributed by atoms with Crippen LogP contribution in [0.5, 0.6) is 0 Å². The van der Waals surface area contributed by atoms with E-state index >= 15 is 0 Å². The van der Waals surface area contributed by atoms with Gasteiger partial charge in [0.2, 0.25) is 0 Å². The predicted molar refractivity (Wildman–Crippen MR) is 92.9 cm³/mol. The first kappa shape index (κ1) is 16.7. The molecule has 0 bridgehead atoms. The Bertz CT molecular complexity index is 847. The van der Waals surface area contributed by atoms with E-state index < -0.39 is 10.9 Å². The summed E-state index contributed by atoms with van der Waals surface area (Å²) in [5.41, 5.74) is 2.17. The van der Waals surface area contributed by atoms with E-state index in [9.17, 15) is 9.90 Å². The molecule has 0 spiro atoms. The molecule has 0 aliphatic carbocycles. The van der Waals surface area contributed by atoms with Crippen LogP contribution in [0.2, 0.25) is 0 Å². The minimum atomic E-state index is -0.916. The first-order valence-corrected chi connectivity index (χ1v) is 8.33. The number of fused-ring (bicyclic) bond motifs is 1. The fourth-order valence-electron chi connectivity index (χ4n) is 2.48. The quantitative estimate of drug-likeness (QED) is 0.534. The van der Waals surface area contributed by atoms with Crippen LogP contribution in [0.3, 0.4) is 0 Å². The molecule has 0 aliphatic heterocycles. The minimum Gasteiger partial charge on any atom is -0.468 e. The van der Waals surface area contributed by atoms with Gasteiger partial charge in [-0.2, -0.15) is 0 Å². The molecule has 0 fully saturated rings. The largest absolute Gasteiger partial charge is 0.468 e. The van der Waals surface area contributed by atoms with Crippen molar-refractivity contribution < 1.29 is 19.1 Å². The molecule has 0 aliphatic rings. The van der Waals surface area contributed by atoms with Gasteiger partial charge in [0.05, 0.1) is 12.8 Å². The molecule has 2 aromatic heterocycles. The van der Waals surface area contributed by atoms with E-state index in [0.29, 0.717) is 23.5 Å². The number of carbonyl (C=O) groups is 1. The molecule has 0 amide bonds. The molecule has 2 unspecified atom stereocenters. The number of nitrogens with zero attached hydrogens (tertiary/aromatic N) is 1. The summed E-state index contributed by atoms with van der Waals surface area (Å²) in [4.78, 5) is 15.2. The number of aliphatic hydroxyl groups is 1. The van der Waals surface area contributed by atoms with Crippen molar-refractivity contribution in [3.05, 3.63) is 65.7 Å². The number of halogens is 1. The lowest BCUT2D eigenvalue weighted by atomic mass is 10.1. The highest BCUT2D eigenvalue weighted by Crippen LogP contribution is 2.28. The van der Waals surface area contributed by atoms with Gasteiger partial charge < -0.3 is 14.3 Å². The number of aromatic nitrogens is 1. The SMILES string of the molecule is COC(=O)C(Br)Cc1ccc2oc(C(O)c3ccccn3)cc2c1. The summed E-state index contributed by atoms with van der Waals surface area (Å²) in [5.74, 6) is 0.123. The second kappa shape index (κ2) is 7.15. The number of carbonyl (C=O) groups excluding carboxylic acids is 1. The highest BCUT2D eigenvalue weighted by molar-refractivity contribution is 9.10. The summed E-state index contributed by atoms with van der Waals surface area (Å²) >= 11 is 3.32. The topological polar surface area (TPSA) is 72.6 Å². The third-order valence-corrected chi connectivity index (χ3v) is 4.41. The van der Waals surface area contributed by atoms with Gasteiger partial charge in [-0.3, -0.25) is 9.78 Å². The smallest absolute Gasteiger partial charge is 0.319 e. The molecule has 3 aromatic rings. The van der Waals surface area contributed by atoms with E-state index in [1.165, 1.54) is 7.11 Å². The number of esters is 1. The molecule has 2 heterocycles. The maximum absolute atomic E-state index is 11.5. The van der Waals surface area contributed by atoms with Crippen molar-refractivity contribution in [3.8, 4) is 0 Å². The van der Waals surface area contributed by atoms with E-state index in [1.807, 2.05) is 24.3 Å². The zero-order valence-corrected chi connectivity index (χ0v) is 14.6. The molecule has 24 heavy (non-hydrogen) atoms. The Morgan fingerprint density at radius 2 is 2.17 bits per heavy atom. The standard InChI is InChI=1S/C18H16BrNO4/c1-23-18(22)13(19)9-11-5-6-15-12(8-11)10-16(24-15)17(21)14-4-2-3-7-20-14/h2-8,10,13,17,21H,9H2,1H3. The van der Waals surface area contributed by atoms with Gasteiger partial charge >= 0.3 is 5.97 Å². The van der Waals surface area contributed by atoms with Crippen molar-refractivity contribution in [2.24, 2.45) is 0 Å². The van der Waals surface area contributed by atoms with Crippen LogP contribution in [0.4, 0.5) is 0 Å². The van der Waals surface area contributed by atoms with Crippen molar-refractivity contribution in [2.45, 2.75) is 17.4 Å². The lowest BCUT2D eigenvalue weighted by Gasteiger charge is -2.07. The maximum atomic E-state index is 11.5. The van der Waals surface area contributed by atoms with Gasteiger partial charge in [-0.1, -0.05) is 28.1 Å². The first-order valence-electron chi connectivity index (χ1n) is 7.41. The molecule has 6 heteroatoms. The average molecular weight is 390 g/mol. The highest BCUT2D eigenvalue weighted by Gasteiger charge is 2.18. The first-order chi connectivity index (χ1) is 11.6. The van der Waals surface area contributed by atoms with E-state index in [4.69, 9.17) is 9.15 Å². The van der Waals surface area contributed by atoms with Crippen LogP contribution in [0.15, 0.2) is 53.1 Å². The van der Waals surface area contributed by atoms with Crippen molar-refractivity contribution in [1.29, 1.82) is 0 Å².